The third-order valence-electron chi connectivity index (χ3n) is 4.72. The zero-order valence-corrected chi connectivity index (χ0v) is 15.8. The van der Waals surface area contributed by atoms with Crippen LogP contribution in [0.15, 0.2) is 48.5 Å². The maximum absolute atomic E-state index is 12.4. The van der Waals surface area contributed by atoms with E-state index < -0.39 is 22.0 Å². The van der Waals surface area contributed by atoms with Crippen LogP contribution >= 0.6 is 11.6 Å². The number of hydrogen-bond donors (Lipinski definition) is 2. The summed E-state index contributed by atoms with van der Waals surface area (Å²) < 4.78 is 26.6. The van der Waals surface area contributed by atoms with Crippen LogP contribution in [0.1, 0.15) is 29.0 Å². The maximum Gasteiger partial charge on any atom is 0.250 e. The standard InChI is InChI=1S/C19H21ClN2O3S/c20-15-6-3-4-13(12-15)10-11-26(24,25)22-19(23)18(21)17-9-8-14-5-1-2-7-16(14)17/h1-7,12,17-18H,8-11,21H2,(H,22,23). The molecule has 0 saturated heterocycles. The average molecular weight is 393 g/mol. The number of fused-ring (bicyclic) bond motifs is 1. The summed E-state index contributed by atoms with van der Waals surface area (Å²) in [6.45, 7) is 0. The van der Waals surface area contributed by atoms with Gasteiger partial charge in [0.05, 0.1) is 11.8 Å². The molecule has 3 N–H and O–H groups in total. The van der Waals surface area contributed by atoms with Crippen LogP contribution in [0.25, 0.3) is 0 Å². The molecule has 3 rings (SSSR count). The number of halogens is 1. The van der Waals surface area contributed by atoms with Gasteiger partial charge in [-0.25, -0.2) is 8.42 Å². The minimum atomic E-state index is -3.77. The van der Waals surface area contributed by atoms with Crippen LogP contribution in [0.5, 0.6) is 0 Å². The van der Waals surface area contributed by atoms with Crippen LogP contribution in [0, 0.1) is 0 Å². The van der Waals surface area contributed by atoms with E-state index >= 15 is 0 Å². The van der Waals surface area contributed by atoms with Crippen molar-refractivity contribution in [2.75, 3.05) is 5.75 Å². The van der Waals surface area contributed by atoms with Gasteiger partial charge >= 0.3 is 0 Å². The fourth-order valence-corrected chi connectivity index (χ4v) is 4.62. The summed E-state index contributed by atoms with van der Waals surface area (Å²) >= 11 is 5.90. The smallest absolute Gasteiger partial charge is 0.250 e. The van der Waals surface area contributed by atoms with Gasteiger partial charge in [-0.05, 0) is 48.1 Å². The topological polar surface area (TPSA) is 89.3 Å². The summed E-state index contributed by atoms with van der Waals surface area (Å²) in [5.74, 6) is -1.01. The molecule has 0 aromatic heterocycles. The van der Waals surface area contributed by atoms with Gasteiger partial charge in [0.2, 0.25) is 10.0 Å². The maximum atomic E-state index is 12.4. The zero-order valence-electron chi connectivity index (χ0n) is 14.2. The summed E-state index contributed by atoms with van der Waals surface area (Å²) in [5, 5.41) is 0.547. The minimum absolute atomic E-state index is 0.158. The second kappa shape index (κ2) is 7.78. The van der Waals surface area contributed by atoms with Crippen LogP contribution in [0.3, 0.4) is 0 Å². The molecule has 0 spiro atoms. The predicted octanol–water partition coefficient (Wildman–Crippen LogP) is 2.39. The molecule has 0 fully saturated rings. The monoisotopic (exact) mass is 392 g/mol. The molecule has 2 unspecified atom stereocenters. The Balaban J connectivity index is 1.61. The molecular formula is C19H21ClN2O3S. The molecule has 0 aliphatic heterocycles. The molecule has 2 aromatic rings. The Labute approximate surface area is 158 Å². The molecule has 26 heavy (non-hydrogen) atoms. The molecule has 0 radical (unpaired) electrons. The lowest BCUT2D eigenvalue weighted by Gasteiger charge is -2.19. The van der Waals surface area contributed by atoms with Crippen molar-refractivity contribution in [2.24, 2.45) is 5.73 Å². The Hall–Kier alpha value is -1.89. The highest BCUT2D eigenvalue weighted by atomic mass is 35.5. The molecule has 0 bridgehead atoms. The normalized spacial score (nSPS) is 17.5. The number of sulfonamides is 1. The van der Waals surface area contributed by atoms with Crippen molar-refractivity contribution in [3.05, 3.63) is 70.2 Å². The highest BCUT2D eigenvalue weighted by Gasteiger charge is 2.33. The summed E-state index contributed by atoms with van der Waals surface area (Å²) in [7, 11) is -3.77. The van der Waals surface area contributed by atoms with Gasteiger partial charge in [0.1, 0.15) is 0 Å². The molecule has 0 heterocycles. The number of hydrogen-bond acceptors (Lipinski definition) is 4. The molecule has 1 amide bonds. The first-order chi connectivity index (χ1) is 12.4. The highest BCUT2D eigenvalue weighted by Crippen LogP contribution is 2.34. The van der Waals surface area contributed by atoms with Gasteiger partial charge in [-0.15, -0.1) is 0 Å². The predicted molar refractivity (Wildman–Crippen MR) is 103 cm³/mol. The van der Waals surface area contributed by atoms with E-state index in [9.17, 15) is 13.2 Å². The molecule has 0 saturated carbocycles. The molecule has 5 nitrogen and oxygen atoms in total. The molecule has 1 aliphatic rings. The second-order valence-corrected chi connectivity index (χ2v) is 8.81. The van der Waals surface area contributed by atoms with Crippen molar-refractivity contribution in [2.45, 2.75) is 31.2 Å². The van der Waals surface area contributed by atoms with E-state index in [1.54, 1.807) is 24.3 Å². The van der Waals surface area contributed by atoms with E-state index in [4.69, 9.17) is 17.3 Å². The Morgan fingerprint density at radius 2 is 2.00 bits per heavy atom. The van der Waals surface area contributed by atoms with Crippen molar-refractivity contribution in [1.29, 1.82) is 0 Å². The third kappa shape index (κ3) is 4.44. The highest BCUT2D eigenvalue weighted by molar-refractivity contribution is 7.90. The van der Waals surface area contributed by atoms with Gasteiger partial charge in [-0.3, -0.25) is 9.52 Å². The van der Waals surface area contributed by atoms with E-state index in [2.05, 4.69) is 4.72 Å². The number of carbonyl (C=O) groups excluding carboxylic acids is 1. The fraction of sp³-hybridized carbons (Fsp3) is 0.316. The molecule has 2 aromatic carbocycles. The van der Waals surface area contributed by atoms with E-state index in [1.807, 2.05) is 24.3 Å². The number of nitrogens with two attached hydrogens (primary N) is 1. The lowest BCUT2D eigenvalue weighted by molar-refractivity contribution is -0.121. The Morgan fingerprint density at radius 1 is 1.23 bits per heavy atom. The summed E-state index contributed by atoms with van der Waals surface area (Å²) in [4.78, 5) is 12.4. The zero-order chi connectivity index (χ0) is 18.7. The fourth-order valence-electron chi connectivity index (χ4n) is 3.36. The van der Waals surface area contributed by atoms with Crippen LogP contribution in [-0.2, 0) is 27.7 Å². The first kappa shape index (κ1) is 18.9. The molecular weight excluding hydrogens is 372 g/mol. The van der Waals surface area contributed by atoms with Crippen molar-refractivity contribution in [3.8, 4) is 0 Å². The molecule has 2 atom stereocenters. The summed E-state index contributed by atoms with van der Waals surface area (Å²) in [6.07, 6.45) is 1.87. The molecule has 7 heteroatoms. The number of benzene rings is 2. The first-order valence-electron chi connectivity index (χ1n) is 8.48. The van der Waals surface area contributed by atoms with Gasteiger partial charge in [0.25, 0.3) is 5.91 Å². The lowest BCUT2D eigenvalue weighted by atomic mass is 9.93. The van der Waals surface area contributed by atoms with Gasteiger partial charge in [0.15, 0.2) is 0 Å². The second-order valence-electron chi connectivity index (χ2n) is 6.53. The van der Waals surface area contributed by atoms with Crippen molar-refractivity contribution in [3.63, 3.8) is 0 Å². The molecule has 1 aliphatic carbocycles. The van der Waals surface area contributed by atoms with E-state index in [1.165, 1.54) is 5.56 Å². The average Bonchev–Trinajstić information content (AvgIpc) is 3.03. The van der Waals surface area contributed by atoms with Crippen LogP contribution in [0.4, 0.5) is 0 Å². The number of nitrogens with one attached hydrogen (secondary N) is 1. The summed E-state index contributed by atoms with van der Waals surface area (Å²) in [5.41, 5.74) is 9.08. The SMILES string of the molecule is NC(C(=O)NS(=O)(=O)CCc1cccc(Cl)c1)C1CCc2ccccc21. The van der Waals surface area contributed by atoms with E-state index in [0.29, 0.717) is 5.02 Å². The molecule has 138 valence electrons. The first-order valence-corrected chi connectivity index (χ1v) is 10.5. The van der Waals surface area contributed by atoms with Gasteiger partial charge in [-0.1, -0.05) is 48.0 Å². The van der Waals surface area contributed by atoms with Crippen molar-refractivity contribution >= 4 is 27.5 Å². The van der Waals surface area contributed by atoms with Crippen molar-refractivity contribution < 1.29 is 13.2 Å². The van der Waals surface area contributed by atoms with Crippen molar-refractivity contribution in [1.82, 2.24) is 4.72 Å². The Bertz CT molecular complexity index is 915. The van der Waals surface area contributed by atoms with Gasteiger partial charge in [-0.2, -0.15) is 0 Å². The lowest BCUT2D eigenvalue weighted by Crippen LogP contribution is -2.47. The number of carbonyl (C=O) groups is 1. The van der Waals surface area contributed by atoms with Crippen LogP contribution < -0.4 is 10.5 Å². The van der Waals surface area contributed by atoms with E-state index in [-0.39, 0.29) is 18.1 Å². The Morgan fingerprint density at radius 3 is 2.77 bits per heavy atom. The number of amides is 1. The van der Waals surface area contributed by atoms with Gasteiger partial charge in [0, 0.05) is 10.9 Å². The number of aryl methyl sites for hydroxylation is 2. The Kier molecular flexibility index (Phi) is 5.65. The van der Waals surface area contributed by atoms with Crippen LogP contribution in [0.2, 0.25) is 5.02 Å². The third-order valence-corrected chi connectivity index (χ3v) is 6.21. The minimum Gasteiger partial charge on any atom is -0.319 e. The quantitative estimate of drug-likeness (QED) is 0.789. The van der Waals surface area contributed by atoms with E-state index in [0.717, 1.165) is 24.0 Å². The van der Waals surface area contributed by atoms with Gasteiger partial charge < -0.3 is 5.73 Å². The summed E-state index contributed by atoms with van der Waals surface area (Å²) in [6, 6.07) is 13.9. The number of rotatable bonds is 6. The largest absolute Gasteiger partial charge is 0.319 e. The van der Waals surface area contributed by atoms with Crippen LogP contribution in [-0.4, -0.2) is 26.1 Å².